The summed E-state index contributed by atoms with van der Waals surface area (Å²) in [5.41, 5.74) is 3.71. The lowest BCUT2D eigenvalue weighted by Crippen LogP contribution is -1.99. The van der Waals surface area contributed by atoms with Gasteiger partial charge in [-0.15, -0.1) is 10.2 Å². The third-order valence-corrected chi connectivity index (χ3v) is 5.01. The Labute approximate surface area is 133 Å². The summed E-state index contributed by atoms with van der Waals surface area (Å²) in [5.74, 6) is 0. The molecule has 1 aromatic heterocycles. The maximum Gasteiger partial charge on any atom is 0.210 e. The Balaban J connectivity index is 2.21. The van der Waals surface area contributed by atoms with E-state index in [-0.39, 0.29) is 5.25 Å². The number of hydrogen-bond donors (Lipinski definition) is 1. The highest BCUT2D eigenvalue weighted by Gasteiger charge is 2.12. The predicted octanol–water partition coefficient (Wildman–Crippen LogP) is 4.41. The van der Waals surface area contributed by atoms with Crippen LogP contribution in [0.2, 0.25) is 0 Å². The second-order valence-corrected chi connectivity index (χ2v) is 7.11. The zero-order chi connectivity index (χ0) is 15.2. The third-order valence-electron chi connectivity index (χ3n) is 3.10. The van der Waals surface area contributed by atoms with E-state index < -0.39 is 0 Å². The highest BCUT2D eigenvalue weighted by Crippen LogP contribution is 2.32. The zero-order valence-electron chi connectivity index (χ0n) is 12.4. The van der Waals surface area contributed by atoms with Crippen LogP contribution in [0.15, 0.2) is 22.5 Å². The molecule has 1 atom stereocenters. The molecule has 21 heavy (non-hydrogen) atoms. The molecule has 0 aliphatic heterocycles. The molecule has 0 amide bonds. The van der Waals surface area contributed by atoms with Crippen molar-refractivity contribution in [1.29, 1.82) is 5.26 Å². The Bertz CT molecular complexity index is 623. The SMILES string of the molecule is CCc1cccc(CC)c1Nc1nnc(SC(C)C#N)s1. The average Bonchev–Trinajstić information content (AvgIpc) is 2.94. The van der Waals surface area contributed by atoms with E-state index in [2.05, 4.69) is 53.6 Å². The number of benzene rings is 1. The number of hydrogen-bond acceptors (Lipinski definition) is 6. The first-order valence-electron chi connectivity index (χ1n) is 6.95. The standard InChI is InChI=1S/C15H18N4S2/c1-4-11-7-6-8-12(5-2)13(11)17-14-18-19-15(21-14)20-10(3)9-16/h6-8,10H,4-5H2,1-3H3,(H,17,18). The number of aryl methyl sites for hydroxylation is 2. The van der Waals surface area contributed by atoms with Gasteiger partial charge in [-0.1, -0.05) is 55.1 Å². The van der Waals surface area contributed by atoms with Crippen LogP contribution >= 0.6 is 23.1 Å². The molecule has 2 rings (SSSR count). The van der Waals surface area contributed by atoms with Crippen LogP contribution in [0.5, 0.6) is 0 Å². The Hall–Kier alpha value is -1.58. The van der Waals surface area contributed by atoms with Gasteiger partial charge in [0.1, 0.15) is 0 Å². The lowest BCUT2D eigenvalue weighted by molar-refractivity contribution is 1.01. The number of nitrogens with one attached hydrogen (secondary N) is 1. The molecule has 1 heterocycles. The van der Waals surface area contributed by atoms with Crippen LogP contribution in [-0.4, -0.2) is 15.4 Å². The van der Waals surface area contributed by atoms with E-state index in [1.165, 1.54) is 34.2 Å². The van der Waals surface area contributed by atoms with Crippen molar-refractivity contribution in [2.24, 2.45) is 0 Å². The van der Waals surface area contributed by atoms with E-state index in [4.69, 9.17) is 5.26 Å². The highest BCUT2D eigenvalue weighted by molar-refractivity contribution is 8.01. The summed E-state index contributed by atoms with van der Waals surface area (Å²) in [7, 11) is 0. The highest BCUT2D eigenvalue weighted by atomic mass is 32.2. The molecule has 0 spiro atoms. The molecule has 0 aliphatic carbocycles. The maximum absolute atomic E-state index is 8.84. The normalized spacial score (nSPS) is 11.9. The summed E-state index contributed by atoms with van der Waals surface area (Å²) in [5, 5.41) is 21.2. The summed E-state index contributed by atoms with van der Waals surface area (Å²) >= 11 is 2.93. The maximum atomic E-state index is 8.84. The van der Waals surface area contributed by atoms with Crippen molar-refractivity contribution >= 4 is 33.9 Å². The van der Waals surface area contributed by atoms with Gasteiger partial charge in [0, 0.05) is 5.69 Å². The largest absolute Gasteiger partial charge is 0.330 e. The molecule has 110 valence electrons. The van der Waals surface area contributed by atoms with E-state index in [9.17, 15) is 0 Å². The van der Waals surface area contributed by atoms with Crippen molar-refractivity contribution in [2.45, 2.75) is 43.2 Å². The van der Waals surface area contributed by atoms with Crippen LogP contribution in [0.4, 0.5) is 10.8 Å². The number of rotatable bonds is 6. The predicted molar refractivity (Wildman–Crippen MR) is 89.3 cm³/mol. The topological polar surface area (TPSA) is 61.6 Å². The van der Waals surface area contributed by atoms with Gasteiger partial charge in [0.25, 0.3) is 0 Å². The molecule has 0 saturated carbocycles. The van der Waals surface area contributed by atoms with Gasteiger partial charge in [-0.05, 0) is 30.9 Å². The average molecular weight is 318 g/mol. The monoisotopic (exact) mass is 318 g/mol. The van der Waals surface area contributed by atoms with E-state index in [0.717, 1.165) is 28.0 Å². The minimum atomic E-state index is -0.111. The lowest BCUT2D eigenvalue weighted by Gasteiger charge is -2.13. The number of anilines is 2. The van der Waals surface area contributed by atoms with Gasteiger partial charge in [-0.25, -0.2) is 0 Å². The number of para-hydroxylation sites is 1. The number of nitriles is 1. The van der Waals surface area contributed by atoms with E-state index in [1.54, 1.807) is 0 Å². The first kappa shape index (κ1) is 15.8. The zero-order valence-corrected chi connectivity index (χ0v) is 14.0. The quantitative estimate of drug-likeness (QED) is 0.799. The molecule has 4 nitrogen and oxygen atoms in total. The van der Waals surface area contributed by atoms with Crippen molar-refractivity contribution < 1.29 is 0 Å². The van der Waals surface area contributed by atoms with E-state index >= 15 is 0 Å². The minimum Gasteiger partial charge on any atom is -0.330 e. The van der Waals surface area contributed by atoms with Gasteiger partial charge in [0.2, 0.25) is 5.13 Å². The van der Waals surface area contributed by atoms with Crippen LogP contribution in [0.25, 0.3) is 0 Å². The smallest absolute Gasteiger partial charge is 0.210 e. The summed E-state index contributed by atoms with van der Waals surface area (Å²) in [6.07, 6.45) is 1.95. The summed E-state index contributed by atoms with van der Waals surface area (Å²) in [6.45, 7) is 6.16. The van der Waals surface area contributed by atoms with E-state index in [1.807, 2.05) is 6.92 Å². The molecule has 1 N–H and O–H groups in total. The number of aromatic nitrogens is 2. The fourth-order valence-electron chi connectivity index (χ4n) is 2.00. The van der Waals surface area contributed by atoms with Gasteiger partial charge in [0.15, 0.2) is 4.34 Å². The molecule has 0 saturated heterocycles. The molecule has 1 aromatic carbocycles. The van der Waals surface area contributed by atoms with Gasteiger partial charge in [0.05, 0.1) is 11.3 Å². The first-order chi connectivity index (χ1) is 10.2. The second kappa shape index (κ2) is 7.43. The molecule has 0 bridgehead atoms. The molecule has 1 unspecified atom stereocenters. The Morgan fingerprint density at radius 3 is 2.52 bits per heavy atom. The van der Waals surface area contributed by atoms with Crippen molar-refractivity contribution in [3.63, 3.8) is 0 Å². The minimum absolute atomic E-state index is 0.111. The van der Waals surface area contributed by atoms with Crippen LogP contribution in [0, 0.1) is 11.3 Å². The van der Waals surface area contributed by atoms with Crippen molar-refractivity contribution in [1.82, 2.24) is 10.2 Å². The fourth-order valence-corrected chi connectivity index (χ4v) is 3.78. The third kappa shape index (κ3) is 3.96. The Morgan fingerprint density at radius 1 is 1.29 bits per heavy atom. The molecule has 0 aliphatic rings. The number of thioether (sulfide) groups is 1. The lowest BCUT2D eigenvalue weighted by atomic mass is 10.0. The van der Waals surface area contributed by atoms with Crippen molar-refractivity contribution in [2.75, 3.05) is 5.32 Å². The molecule has 6 heteroatoms. The van der Waals surface area contributed by atoms with Crippen LogP contribution in [0.1, 0.15) is 31.9 Å². The van der Waals surface area contributed by atoms with Crippen LogP contribution < -0.4 is 5.32 Å². The molecular formula is C15H18N4S2. The Morgan fingerprint density at radius 2 is 1.95 bits per heavy atom. The first-order valence-corrected chi connectivity index (χ1v) is 8.65. The van der Waals surface area contributed by atoms with Crippen LogP contribution in [0.3, 0.4) is 0 Å². The summed E-state index contributed by atoms with van der Waals surface area (Å²) < 4.78 is 0.818. The molecule has 0 radical (unpaired) electrons. The van der Waals surface area contributed by atoms with Crippen molar-refractivity contribution in [3.8, 4) is 6.07 Å². The van der Waals surface area contributed by atoms with Gasteiger partial charge in [-0.2, -0.15) is 5.26 Å². The Kier molecular flexibility index (Phi) is 5.59. The molecular weight excluding hydrogens is 300 g/mol. The summed E-state index contributed by atoms with van der Waals surface area (Å²) in [6, 6.07) is 8.56. The molecule has 0 fully saturated rings. The summed E-state index contributed by atoms with van der Waals surface area (Å²) in [4.78, 5) is 0. The van der Waals surface area contributed by atoms with E-state index in [0.29, 0.717) is 0 Å². The van der Waals surface area contributed by atoms with Gasteiger partial charge < -0.3 is 5.32 Å². The van der Waals surface area contributed by atoms with Gasteiger partial charge in [-0.3, -0.25) is 0 Å². The number of nitrogens with zero attached hydrogens (tertiary/aromatic N) is 3. The fraction of sp³-hybridized carbons (Fsp3) is 0.400. The van der Waals surface area contributed by atoms with Gasteiger partial charge >= 0.3 is 0 Å². The second-order valence-electron chi connectivity index (χ2n) is 4.55. The molecule has 2 aromatic rings. The van der Waals surface area contributed by atoms with Crippen LogP contribution in [-0.2, 0) is 12.8 Å². The van der Waals surface area contributed by atoms with Crippen molar-refractivity contribution in [3.05, 3.63) is 29.3 Å².